The van der Waals surface area contributed by atoms with Crippen molar-refractivity contribution in [2.45, 2.75) is 26.5 Å². The van der Waals surface area contributed by atoms with Crippen molar-refractivity contribution in [3.63, 3.8) is 0 Å². The molecule has 0 aliphatic heterocycles. The number of amides is 1. The molecule has 0 unspecified atom stereocenters. The van der Waals surface area contributed by atoms with Crippen LogP contribution in [0.2, 0.25) is 5.02 Å². The van der Waals surface area contributed by atoms with E-state index in [-0.39, 0.29) is 18.6 Å². The lowest BCUT2D eigenvalue weighted by molar-refractivity contribution is -0.116. The second kappa shape index (κ2) is 7.29. The number of carbonyl (C=O) groups is 2. The van der Waals surface area contributed by atoms with Crippen LogP contribution in [0, 0.1) is 0 Å². The van der Waals surface area contributed by atoms with Crippen LogP contribution in [0.15, 0.2) is 41.8 Å². The summed E-state index contributed by atoms with van der Waals surface area (Å²) in [6.07, 6.45) is -0.228. The molecule has 0 aliphatic carbocycles. The van der Waals surface area contributed by atoms with Crippen molar-refractivity contribution in [3.8, 4) is 0 Å². The lowest BCUT2D eigenvalue weighted by Crippen LogP contribution is -2.22. The highest BCUT2D eigenvalue weighted by molar-refractivity contribution is 7.16. The van der Waals surface area contributed by atoms with E-state index in [9.17, 15) is 9.59 Å². The zero-order chi connectivity index (χ0) is 18.0. The van der Waals surface area contributed by atoms with Gasteiger partial charge in [0.1, 0.15) is 17.1 Å². The zero-order valence-corrected chi connectivity index (χ0v) is 15.4. The molecule has 2 heterocycles. The molecule has 1 amide bonds. The van der Waals surface area contributed by atoms with Gasteiger partial charge in [-0.1, -0.05) is 17.7 Å². The molecule has 130 valence electrons. The largest absolute Gasteiger partial charge is 0.458 e. The highest BCUT2D eigenvalue weighted by Gasteiger charge is 2.20. The minimum atomic E-state index is -0.436. The van der Waals surface area contributed by atoms with E-state index in [2.05, 4.69) is 5.32 Å². The molecule has 1 N–H and O–H groups in total. The first-order valence-corrected chi connectivity index (χ1v) is 9.03. The number of anilines is 1. The predicted octanol–water partition coefficient (Wildman–Crippen LogP) is 4.56. The van der Waals surface area contributed by atoms with Crippen LogP contribution in [0.4, 0.5) is 5.69 Å². The Morgan fingerprint density at radius 1 is 1.28 bits per heavy atom. The van der Waals surface area contributed by atoms with Gasteiger partial charge < -0.3 is 14.6 Å². The van der Waals surface area contributed by atoms with Gasteiger partial charge in [-0.2, -0.15) is 0 Å². The Morgan fingerprint density at radius 2 is 2.08 bits per heavy atom. The maximum atomic E-state index is 12.4. The van der Waals surface area contributed by atoms with Gasteiger partial charge in [0.2, 0.25) is 5.91 Å². The number of ether oxygens (including phenoxy) is 1. The molecule has 0 spiro atoms. The average Bonchev–Trinajstić information content (AvgIpc) is 3.09. The Hall–Kier alpha value is -2.31. The number of rotatable bonds is 5. The van der Waals surface area contributed by atoms with E-state index < -0.39 is 5.97 Å². The molecular weight excluding hydrogens is 360 g/mol. The number of carbonyl (C=O) groups excluding carboxylic acids is 2. The van der Waals surface area contributed by atoms with Crippen LogP contribution in [-0.2, 0) is 16.1 Å². The van der Waals surface area contributed by atoms with Gasteiger partial charge in [0.05, 0.1) is 6.10 Å². The molecule has 0 radical (unpaired) electrons. The van der Waals surface area contributed by atoms with E-state index in [0.29, 0.717) is 16.4 Å². The summed E-state index contributed by atoms with van der Waals surface area (Å²) < 4.78 is 6.97. The smallest absolute Gasteiger partial charge is 0.355 e. The number of benzene rings is 1. The monoisotopic (exact) mass is 376 g/mol. The number of fused-ring (bicyclic) bond motifs is 1. The fourth-order valence-corrected chi connectivity index (χ4v) is 3.57. The molecular formula is C18H17ClN2O3S. The Labute approximate surface area is 154 Å². The molecule has 0 atom stereocenters. The second-order valence-corrected chi connectivity index (χ2v) is 7.14. The third-order valence-corrected chi connectivity index (χ3v) is 4.65. The molecule has 5 nitrogen and oxygen atoms in total. The summed E-state index contributed by atoms with van der Waals surface area (Å²) in [5.74, 6) is -0.680. The van der Waals surface area contributed by atoms with Crippen LogP contribution in [-0.4, -0.2) is 22.5 Å². The quantitative estimate of drug-likeness (QED) is 0.664. The summed E-state index contributed by atoms with van der Waals surface area (Å²) in [5.41, 5.74) is 0.982. The van der Waals surface area contributed by atoms with E-state index in [1.54, 1.807) is 48.7 Å². The normalized spacial score (nSPS) is 11.0. The van der Waals surface area contributed by atoms with Gasteiger partial charge >= 0.3 is 5.97 Å². The van der Waals surface area contributed by atoms with Crippen LogP contribution in [0.3, 0.4) is 0 Å². The lowest BCUT2D eigenvalue weighted by atomic mass is 10.3. The molecule has 0 fully saturated rings. The van der Waals surface area contributed by atoms with Crippen molar-refractivity contribution < 1.29 is 14.3 Å². The van der Waals surface area contributed by atoms with Crippen molar-refractivity contribution in [2.24, 2.45) is 0 Å². The van der Waals surface area contributed by atoms with E-state index in [4.69, 9.17) is 16.3 Å². The van der Waals surface area contributed by atoms with Gasteiger partial charge in [-0.15, -0.1) is 11.3 Å². The predicted molar refractivity (Wildman–Crippen MR) is 100 cm³/mol. The van der Waals surface area contributed by atoms with E-state index in [1.165, 1.54) is 11.3 Å². The molecule has 0 aliphatic rings. The molecule has 3 rings (SSSR count). The van der Waals surface area contributed by atoms with E-state index in [1.807, 2.05) is 11.4 Å². The van der Waals surface area contributed by atoms with E-state index in [0.717, 1.165) is 10.2 Å². The molecule has 3 aromatic rings. The van der Waals surface area contributed by atoms with Gasteiger partial charge in [0.15, 0.2) is 0 Å². The molecule has 2 aromatic heterocycles. The third-order valence-electron chi connectivity index (χ3n) is 3.46. The van der Waals surface area contributed by atoms with Gasteiger partial charge in [0, 0.05) is 16.1 Å². The summed E-state index contributed by atoms with van der Waals surface area (Å²) in [4.78, 5) is 25.6. The second-order valence-electron chi connectivity index (χ2n) is 5.81. The third kappa shape index (κ3) is 4.03. The summed E-state index contributed by atoms with van der Waals surface area (Å²) in [6.45, 7) is 3.60. The molecule has 0 saturated carbocycles. The van der Waals surface area contributed by atoms with Crippen LogP contribution in [0.1, 0.15) is 24.3 Å². The number of thiophene rings is 1. The van der Waals surface area contributed by atoms with Gasteiger partial charge in [-0.25, -0.2) is 4.79 Å². The van der Waals surface area contributed by atoms with Crippen molar-refractivity contribution in [2.75, 3.05) is 5.32 Å². The minimum Gasteiger partial charge on any atom is -0.458 e. The molecule has 0 saturated heterocycles. The summed E-state index contributed by atoms with van der Waals surface area (Å²) in [6, 6.07) is 10.6. The first-order valence-electron chi connectivity index (χ1n) is 7.77. The first kappa shape index (κ1) is 17.5. The van der Waals surface area contributed by atoms with Gasteiger partial charge in [-0.05, 0) is 49.6 Å². The summed E-state index contributed by atoms with van der Waals surface area (Å²) in [5, 5.41) is 6.17. The zero-order valence-electron chi connectivity index (χ0n) is 13.8. The number of halogens is 1. The lowest BCUT2D eigenvalue weighted by Gasteiger charge is -2.12. The summed E-state index contributed by atoms with van der Waals surface area (Å²) >= 11 is 7.41. The first-order chi connectivity index (χ1) is 11.9. The maximum Gasteiger partial charge on any atom is 0.355 e. The van der Waals surface area contributed by atoms with Crippen LogP contribution in [0.25, 0.3) is 10.2 Å². The fraction of sp³-hybridized carbons (Fsp3) is 0.222. The SMILES string of the molecule is CC(C)OC(=O)c1cc2ccsc2n1CC(=O)Nc1cccc(Cl)c1. The highest BCUT2D eigenvalue weighted by Crippen LogP contribution is 2.26. The van der Waals surface area contributed by atoms with Crippen molar-refractivity contribution >= 4 is 50.7 Å². The Bertz CT molecular complexity index is 929. The topological polar surface area (TPSA) is 60.3 Å². The Morgan fingerprint density at radius 3 is 2.80 bits per heavy atom. The minimum absolute atomic E-state index is 0.0130. The van der Waals surface area contributed by atoms with Crippen molar-refractivity contribution in [1.29, 1.82) is 0 Å². The standard InChI is InChI=1S/C18H17ClN2O3S/c1-11(2)24-18(23)15-8-12-6-7-25-17(12)21(15)10-16(22)20-14-5-3-4-13(19)9-14/h3-9,11H,10H2,1-2H3,(H,20,22). The van der Waals surface area contributed by atoms with Crippen LogP contribution >= 0.6 is 22.9 Å². The molecule has 0 bridgehead atoms. The Kier molecular flexibility index (Phi) is 5.11. The number of esters is 1. The Balaban J connectivity index is 1.85. The number of nitrogens with one attached hydrogen (secondary N) is 1. The molecule has 7 heteroatoms. The number of nitrogens with zero attached hydrogens (tertiary/aromatic N) is 1. The fourth-order valence-electron chi connectivity index (χ4n) is 2.49. The number of hydrogen-bond donors (Lipinski definition) is 1. The summed E-state index contributed by atoms with van der Waals surface area (Å²) in [7, 11) is 0. The van der Waals surface area contributed by atoms with Crippen molar-refractivity contribution in [3.05, 3.63) is 52.5 Å². The average molecular weight is 377 g/mol. The number of hydrogen-bond acceptors (Lipinski definition) is 4. The number of aromatic nitrogens is 1. The molecule has 1 aromatic carbocycles. The molecule has 25 heavy (non-hydrogen) atoms. The van der Waals surface area contributed by atoms with Gasteiger partial charge in [0.25, 0.3) is 0 Å². The maximum absolute atomic E-state index is 12.4. The van der Waals surface area contributed by atoms with Crippen LogP contribution in [0.5, 0.6) is 0 Å². The van der Waals surface area contributed by atoms with Gasteiger partial charge in [-0.3, -0.25) is 4.79 Å². The van der Waals surface area contributed by atoms with E-state index >= 15 is 0 Å². The van der Waals surface area contributed by atoms with Crippen molar-refractivity contribution in [1.82, 2.24) is 4.57 Å². The highest BCUT2D eigenvalue weighted by atomic mass is 35.5. The van der Waals surface area contributed by atoms with Crippen LogP contribution < -0.4 is 5.32 Å².